The average Bonchev–Trinajstić information content (AvgIpc) is 3.16. The van der Waals surface area contributed by atoms with Crippen LogP contribution in [0.25, 0.3) is 11.1 Å². The highest BCUT2D eigenvalue weighted by molar-refractivity contribution is 7.16. The number of anilines is 1. The van der Waals surface area contributed by atoms with Gasteiger partial charge in [-0.25, -0.2) is 9.59 Å². The number of nitro groups is 1. The van der Waals surface area contributed by atoms with E-state index < -0.39 is 16.6 Å². The molecule has 3 aromatic rings. The number of carbonyl (C=O) groups is 2. The molecule has 1 amide bonds. The Morgan fingerprint density at radius 2 is 2.06 bits per heavy atom. The summed E-state index contributed by atoms with van der Waals surface area (Å²) in [5, 5.41) is 14.1. The molecule has 2 aromatic heterocycles. The number of oxazole rings is 1. The molecular weight excluding hydrogens is 426 g/mol. The normalized spacial score (nSPS) is 10.9. The molecule has 0 aliphatic heterocycles. The van der Waals surface area contributed by atoms with E-state index in [9.17, 15) is 24.5 Å². The molecule has 0 unspecified atom stereocenters. The minimum absolute atomic E-state index is 0.102. The molecule has 10 nitrogen and oxygen atoms in total. The van der Waals surface area contributed by atoms with E-state index >= 15 is 0 Å². The van der Waals surface area contributed by atoms with Crippen LogP contribution in [0.4, 0.5) is 10.7 Å². The predicted molar refractivity (Wildman–Crippen MR) is 115 cm³/mol. The number of aryl methyl sites for hydroxylation is 2. The third kappa shape index (κ3) is 4.66. The smallest absolute Gasteiger partial charge is 0.419 e. The summed E-state index contributed by atoms with van der Waals surface area (Å²) in [4.78, 5) is 47.9. The Kier molecular flexibility index (Phi) is 6.54. The second-order valence-electron chi connectivity index (χ2n) is 6.79. The number of nitrogens with zero attached hydrogens (tertiary/aromatic N) is 2. The maximum Gasteiger partial charge on any atom is 0.419 e. The highest BCUT2D eigenvalue weighted by atomic mass is 32.1. The summed E-state index contributed by atoms with van der Waals surface area (Å²) in [6, 6.07) is 3.93. The molecule has 164 valence electrons. The number of hydrogen-bond acceptors (Lipinski definition) is 8. The van der Waals surface area contributed by atoms with Crippen molar-refractivity contribution in [3.63, 3.8) is 0 Å². The Labute approximate surface area is 180 Å². The fourth-order valence-electron chi connectivity index (χ4n) is 3.13. The van der Waals surface area contributed by atoms with Gasteiger partial charge in [0.2, 0.25) is 5.91 Å². The van der Waals surface area contributed by atoms with Crippen LogP contribution in [-0.4, -0.2) is 28.0 Å². The summed E-state index contributed by atoms with van der Waals surface area (Å²) in [5.74, 6) is -1.43. The second kappa shape index (κ2) is 9.13. The summed E-state index contributed by atoms with van der Waals surface area (Å²) in [5.41, 5.74) is 1.49. The fourth-order valence-corrected chi connectivity index (χ4v) is 4.20. The number of carbonyl (C=O) groups excluding carboxylic acids is 2. The largest absolute Gasteiger partial charge is 0.462 e. The first-order valence-electron chi connectivity index (χ1n) is 9.57. The van der Waals surface area contributed by atoms with Crippen molar-refractivity contribution in [3.05, 3.63) is 54.9 Å². The number of rotatable bonds is 8. The van der Waals surface area contributed by atoms with Crippen LogP contribution in [0.1, 0.15) is 40.6 Å². The molecule has 0 bridgehead atoms. The predicted octanol–water partition coefficient (Wildman–Crippen LogP) is 3.78. The standard InChI is InChI=1S/C20H21N3O7S/c1-4-29-19(25)17-11(2)12(3)31-18(17)21-16(24)6-5-9-22-14-8-7-13(23(27)28)10-15(14)30-20(22)26/h7-8,10H,4-6,9H2,1-3H3,(H,21,24). The summed E-state index contributed by atoms with van der Waals surface area (Å²) in [6.07, 6.45) is 0.430. The summed E-state index contributed by atoms with van der Waals surface area (Å²) in [6.45, 7) is 5.81. The van der Waals surface area contributed by atoms with Crippen LogP contribution in [0.2, 0.25) is 0 Å². The number of hydrogen-bond donors (Lipinski definition) is 1. The van der Waals surface area contributed by atoms with Crippen molar-refractivity contribution in [1.82, 2.24) is 4.57 Å². The quantitative estimate of drug-likeness (QED) is 0.315. The van der Waals surface area contributed by atoms with Crippen LogP contribution in [-0.2, 0) is 16.1 Å². The van der Waals surface area contributed by atoms with Crippen LogP contribution >= 0.6 is 11.3 Å². The number of amides is 1. The van der Waals surface area contributed by atoms with Crippen molar-refractivity contribution >= 4 is 45.0 Å². The van der Waals surface area contributed by atoms with Gasteiger partial charge in [-0.3, -0.25) is 19.5 Å². The fraction of sp³-hybridized carbons (Fsp3) is 0.350. The van der Waals surface area contributed by atoms with E-state index in [0.29, 0.717) is 22.5 Å². The van der Waals surface area contributed by atoms with Crippen molar-refractivity contribution < 1.29 is 23.7 Å². The molecule has 1 aromatic carbocycles. The van der Waals surface area contributed by atoms with E-state index in [4.69, 9.17) is 9.15 Å². The monoisotopic (exact) mass is 447 g/mol. The van der Waals surface area contributed by atoms with E-state index in [-0.39, 0.29) is 36.8 Å². The van der Waals surface area contributed by atoms with Crippen LogP contribution in [0.15, 0.2) is 27.4 Å². The summed E-state index contributed by atoms with van der Waals surface area (Å²) >= 11 is 1.30. The van der Waals surface area contributed by atoms with Crippen molar-refractivity contribution in [2.24, 2.45) is 0 Å². The molecule has 0 aliphatic rings. The minimum Gasteiger partial charge on any atom is -0.462 e. The molecule has 0 saturated heterocycles. The Hall–Kier alpha value is -3.47. The Morgan fingerprint density at radius 1 is 1.32 bits per heavy atom. The van der Waals surface area contributed by atoms with Gasteiger partial charge in [0.1, 0.15) is 5.00 Å². The SMILES string of the molecule is CCOC(=O)c1c(NC(=O)CCCn2c(=O)oc3cc([N+](=O)[O-])ccc32)sc(C)c1C. The third-order valence-corrected chi connectivity index (χ3v) is 5.89. The van der Waals surface area contributed by atoms with Gasteiger partial charge in [0.25, 0.3) is 5.69 Å². The van der Waals surface area contributed by atoms with Gasteiger partial charge in [0.15, 0.2) is 5.58 Å². The molecular formula is C20H21N3O7S. The maximum absolute atomic E-state index is 12.4. The van der Waals surface area contributed by atoms with Gasteiger partial charge in [0, 0.05) is 23.9 Å². The highest BCUT2D eigenvalue weighted by Crippen LogP contribution is 2.33. The van der Waals surface area contributed by atoms with Crippen molar-refractivity contribution in [3.8, 4) is 0 Å². The van der Waals surface area contributed by atoms with E-state index in [0.717, 1.165) is 10.4 Å². The molecule has 2 heterocycles. The lowest BCUT2D eigenvalue weighted by Crippen LogP contribution is -2.17. The number of aromatic nitrogens is 1. The maximum atomic E-state index is 12.4. The zero-order valence-electron chi connectivity index (χ0n) is 17.2. The lowest BCUT2D eigenvalue weighted by molar-refractivity contribution is -0.384. The lowest BCUT2D eigenvalue weighted by Gasteiger charge is -2.07. The Morgan fingerprint density at radius 3 is 2.74 bits per heavy atom. The minimum atomic E-state index is -0.648. The first kappa shape index (κ1) is 22.2. The first-order chi connectivity index (χ1) is 14.7. The first-order valence-corrected chi connectivity index (χ1v) is 10.4. The number of nitro benzene ring substituents is 1. The van der Waals surface area contributed by atoms with Gasteiger partial charge < -0.3 is 14.5 Å². The third-order valence-electron chi connectivity index (χ3n) is 4.77. The van der Waals surface area contributed by atoms with Gasteiger partial charge in [-0.05, 0) is 38.8 Å². The molecule has 0 saturated carbocycles. The van der Waals surface area contributed by atoms with E-state index in [1.54, 1.807) is 13.8 Å². The van der Waals surface area contributed by atoms with Crippen molar-refractivity contribution in [2.75, 3.05) is 11.9 Å². The topological polar surface area (TPSA) is 134 Å². The van der Waals surface area contributed by atoms with Crippen molar-refractivity contribution in [1.29, 1.82) is 0 Å². The van der Waals surface area contributed by atoms with E-state index in [1.165, 1.54) is 34.1 Å². The molecule has 31 heavy (non-hydrogen) atoms. The van der Waals surface area contributed by atoms with E-state index in [1.807, 2.05) is 6.92 Å². The summed E-state index contributed by atoms with van der Waals surface area (Å²) in [7, 11) is 0. The number of thiophene rings is 1. The van der Waals surface area contributed by atoms with Gasteiger partial charge >= 0.3 is 11.7 Å². The van der Waals surface area contributed by atoms with Crippen LogP contribution in [0.3, 0.4) is 0 Å². The number of ether oxygens (including phenoxy) is 1. The number of esters is 1. The van der Waals surface area contributed by atoms with Gasteiger partial charge in [-0.2, -0.15) is 0 Å². The second-order valence-corrected chi connectivity index (χ2v) is 8.01. The van der Waals surface area contributed by atoms with Crippen LogP contribution < -0.4 is 11.1 Å². The zero-order chi connectivity index (χ0) is 22.7. The number of benzene rings is 1. The molecule has 0 atom stereocenters. The van der Waals surface area contributed by atoms with E-state index in [2.05, 4.69) is 5.32 Å². The van der Waals surface area contributed by atoms with Gasteiger partial charge in [0.05, 0.1) is 28.7 Å². The van der Waals surface area contributed by atoms with Gasteiger partial charge in [-0.1, -0.05) is 0 Å². The van der Waals surface area contributed by atoms with Crippen molar-refractivity contribution in [2.45, 2.75) is 40.2 Å². The molecule has 0 spiro atoms. The molecule has 3 rings (SSSR count). The number of fused-ring (bicyclic) bond motifs is 1. The van der Waals surface area contributed by atoms with Crippen LogP contribution in [0.5, 0.6) is 0 Å². The highest BCUT2D eigenvalue weighted by Gasteiger charge is 2.22. The Bertz CT molecular complexity index is 1220. The lowest BCUT2D eigenvalue weighted by atomic mass is 10.1. The molecule has 0 fully saturated rings. The molecule has 1 N–H and O–H groups in total. The zero-order valence-corrected chi connectivity index (χ0v) is 18.0. The van der Waals surface area contributed by atoms with Crippen LogP contribution in [0, 0.1) is 24.0 Å². The average molecular weight is 447 g/mol. The molecule has 11 heteroatoms. The van der Waals surface area contributed by atoms with Gasteiger partial charge in [-0.15, -0.1) is 11.3 Å². The number of non-ortho nitro benzene ring substituents is 1. The summed E-state index contributed by atoms with van der Waals surface area (Å²) < 4.78 is 11.5. The molecule has 0 aliphatic carbocycles. The number of nitrogens with one attached hydrogen (secondary N) is 1. The Balaban J connectivity index is 1.67. The molecule has 0 radical (unpaired) electrons.